The average Bonchev–Trinajstić information content (AvgIpc) is 2.63. The van der Waals surface area contributed by atoms with Crippen molar-refractivity contribution in [1.29, 1.82) is 0 Å². The second-order valence-electron chi connectivity index (χ2n) is 8.89. The molecule has 0 radical (unpaired) electrons. The number of carbonyl (C=O) groups is 1. The van der Waals surface area contributed by atoms with Crippen molar-refractivity contribution in [3.8, 4) is 0 Å². The Morgan fingerprint density at radius 3 is 2.62 bits per heavy atom. The molecule has 29 heavy (non-hydrogen) atoms. The Bertz CT molecular complexity index is 981. The summed E-state index contributed by atoms with van der Waals surface area (Å²) in [7, 11) is 1.75. The van der Waals surface area contributed by atoms with Crippen molar-refractivity contribution >= 4 is 28.5 Å². The lowest BCUT2D eigenvalue weighted by atomic mass is 10.1. The predicted molar refractivity (Wildman–Crippen MR) is 116 cm³/mol. The molecule has 0 saturated carbocycles. The van der Waals surface area contributed by atoms with Gasteiger partial charge < -0.3 is 10.2 Å². The first-order chi connectivity index (χ1) is 13.5. The summed E-state index contributed by atoms with van der Waals surface area (Å²) in [6.07, 6.45) is 0. The summed E-state index contributed by atoms with van der Waals surface area (Å²) in [4.78, 5) is 34.3. The van der Waals surface area contributed by atoms with Gasteiger partial charge in [-0.1, -0.05) is 11.6 Å². The van der Waals surface area contributed by atoms with Crippen LogP contribution in [0.1, 0.15) is 46.5 Å². The number of hydrogen-bond donors (Lipinski definition) is 1. The first-order valence-electron chi connectivity index (χ1n) is 9.97. The third-order valence-corrected chi connectivity index (χ3v) is 5.63. The molecule has 8 heteroatoms. The van der Waals surface area contributed by atoms with Crippen molar-refractivity contribution in [2.75, 3.05) is 19.6 Å². The number of carbonyl (C=O) groups excluding carboxylic acids is 1. The van der Waals surface area contributed by atoms with Gasteiger partial charge in [-0.15, -0.1) is 0 Å². The summed E-state index contributed by atoms with van der Waals surface area (Å²) < 4.78 is 1.60. The van der Waals surface area contributed by atoms with Crippen LogP contribution in [0.2, 0.25) is 5.02 Å². The molecule has 1 aromatic carbocycles. The van der Waals surface area contributed by atoms with Crippen LogP contribution in [0.3, 0.4) is 0 Å². The van der Waals surface area contributed by atoms with Gasteiger partial charge in [0.1, 0.15) is 5.82 Å². The van der Waals surface area contributed by atoms with Crippen molar-refractivity contribution in [2.24, 2.45) is 7.05 Å². The minimum atomic E-state index is -0.266. The molecule has 3 rings (SSSR count). The SMILES string of the molecule is CC(c1nc2ccc(Cl)cc2c(=O)n1C)N1CCN(C(=O)NC(C)(C)C)C(C)C1. The van der Waals surface area contributed by atoms with E-state index in [1.165, 1.54) is 0 Å². The van der Waals surface area contributed by atoms with Crippen LogP contribution in [0.15, 0.2) is 23.0 Å². The zero-order chi connectivity index (χ0) is 21.5. The van der Waals surface area contributed by atoms with Crippen LogP contribution in [0.5, 0.6) is 0 Å². The van der Waals surface area contributed by atoms with E-state index in [1.54, 1.807) is 29.8 Å². The zero-order valence-electron chi connectivity index (χ0n) is 18.0. The van der Waals surface area contributed by atoms with Crippen molar-refractivity contribution in [3.63, 3.8) is 0 Å². The van der Waals surface area contributed by atoms with Gasteiger partial charge in [0.2, 0.25) is 0 Å². The van der Waals surface area contributed by atoms with Crippen LogP contribution in [-0.4, -0.2) is 56.6 Å². The minimum Gasteiger partial charge on any atom is -0.333 e. The maximum Gasteiger partial charge on any atom is 0.318 e. The molecule has 2 aromatic rings. The monoisotopic (exact) mass is 419 g/mol. The molecule has 0 aliphatic carbocycles. The van der Waals surface area contributed by atoms with Gasteiger partial charge in [-0.05, 0) is 52.8 Å². The number of amides is 2. The number of rotatable bonds is 2. The molecule has 1 aliphatic heterocycles. The third kappa shape index (κ3) is 4.56. The van der Waals surface area contributed by atoms with Crippen LogP contribution < -0.4 is 10.9 Å². The van der Waals surface area contributed by atoms with E-state index in [1.807, 2.05) is 25.7 Å². The molecule has 0 spiro atoms. The van der Waals surface area contributed by atoms with Crippen molar-refractivity contribution in [3.05, 3.63) is 39.4 Å². The molecular formula is C21H30ClN5O2. The van der Waals surface area contributed by atoms with Crippen LogP contribution in [-0.2, 0) is 7.05 Å². The molecule has 0 bridgehead atoms. The van der Waals surface area contributed by atoms with Gasteiger partial charge in [0.25, 0.3) is 5.56 Å². The van der Waals surface area contributed by atoms with E-state index < -0.39 is 0 Å². The van der Waals surface area contributed by atoms with Gasteiger partial charge in [-0.2, -0.15) is 0 Å². The summed E-state index contributed by atoms with van der Waals surface area (Å²) in [6, 6.07) is 5.17. The summed E-state index contributed by atoms with van der Waals surface area (Å²) in [5.74, 6) is 0.713. The number of aromatic nitrogens is 2. The Hall–Kier alpha value is -2.12. The lowest BCUT2D eigenvalue weighted by Gasteiger charge is -2.43. The number of nitrogens with zero attached hydrogens (tertiary/aromatic N) is 4. The number of halogens is 1. The molecule has 7 nitrogen and oxygen atoms in total. The van der Waals surface area contributed by atoms with Crippen LogP contribution in [0, 0.1) is 0 Å². The maximum absolute atomic E-state index is 12.8. The highest BCUT2D eigenvalue weighted by molar-refractivity contribution is 6.31. The standard InChI is InChI=1S/C21H30ClN5O2/c1-13-12-26(9-10-27(13)20(29)24-21(3,4)5)14(2)18-23-17-8-7-15(22)11-16(17)19(28)25(18)6/h7-8,11,13-14H,9-10,12H2,1-6H3,(H,24,29). The summed E-state index contributed by atoms with van der Waals surface area (Å²) in [5.41, 5.74) is 0.281. The highest BCUT2D eigenvalue weighted by Crippen LogP contribution is 2.24. The van der Waals surface area contributed by atoms with Gasteiger partial charge in [0.15, 0.2) is 0 Å². The Labute approximate surface area is 176 Å². The molecule has 2 unspecified atom stereocenters. The van der Waals surface area contributed by atoms with Gasteiger partial charge in [0.05, 0.1) is 16.9 Å². The molecular weight excluding hydrogens is 390 g/mol. The summed E-state index contributed by atoms with van der Waals surface area (Å²) >= 11 is 6.04. The second-order valence-corrected chi connectivity index (χ2v) is 9.33. The highest BCUT2D eigenvalue weighted by atomic mass is 35.5. The lowest BCUT2D eigenvalue weighted by Crippen LogP contribution is -2.59. The molecule has 1 aliphatic rings. The lowest BCUT2D eigenvalue weighted by molar-refractivity contribution is 0.0726. The normalized spacial score (nSPS) is 19.4. The van der Waals surface area contributed by atoms with E-state index in [2.05, 4.69) is 24.1 Å². The first kappa shape index (κ1) is 21.6. The molecule has 1 fully saturated rings. The Morgan fingerprint density at radius 1 is 1.31 bits per heavy atom. The van der Waals surface area contributed by atoms with Crippen LogP contribution in [0.25, 0.3) is 10.9 Å². The summed E-state index contributed by atoms with van der Waals surface area (Å²) in [6.45, 7) is 12.1. The number of piperazine rings is 1. The minimum absolute atomic E-state index is 0.0367. The van der Waals surface area contributed by atoms with Crippen molar-refractivity contribution in [1.82, 2.24) is 24.7 Å². The molecule has 1 saturated heterocycles. The topological polar surface area (TPSA) is 70.5 Å². The van der Waals surface area contributed by atoms with E-state index in [-0.39, 0.29) is 29.2 Å². The van der Waals surface area contributed by atoms with Crippen LogP contribution in [0.4, 0.5) is 4.79 Å². The predicted octanol–water partition coefficient (Wildman–Crippen LogP) is 3.16. The number of benzene rings is 1. The third-order valence-electron chi connectivity index (χ3n) is 5.40. The van der Waals surface area contributed by atoms with Gasteiger partial charge >= 0.3 is 6.03 Å². The van der Waals surface area contributed by atoms with E-state index in [0.717, 1.165) is 6.54 Å². The first-order valence-corrected chi connectivity index (χ1v) is 10.3. The quantitative estimate of drug-likeness (QED) is 0.811. The zero-order valence-corrected chi connectivity index (χ0v) is 18.7. The fourth-order valence-corrected chi connectivity index (χ4v) is 4.00. The van der Waals surface area contributed by atoms with E-state index >= 15 is 0 Å². The number of fused-ring (bicyclic) bond motifs is 1. The molecule has 2 amide bonds. The Kier molecular flexibility index (Phi) is 5.92. The van der Waals surface area contributed by atoms with Gasteiger partial charge in [0, 0.05) is 43.3 Å². The van der Waals surface area contributed by atoms with Crippen molar-refractivity contribution in [2.45, 2.75) is 52.2 Å². The summed E-state index contributed by atoms with van der Waals surface area (Å²) in [5, 5.41) is 4.08. The smallest absolute Gasteiger partial charge is 0.318 e. The Morgan fingerprint density at radius 2 is 2.00 bits per heavy atom. The largest absolute Gasteiger partial charge is 0.333 e. The molecule has 1 N–H and O–H groups in total. The van der Waals surface area contributed by atoms with Crippen LogP contribution >= 0.6 is 11.6 Å². The molecule has 2 heterocycles. The van der Waals surface area contributed by atoms with E-state index in [4.69, 9.17) is 16.6 Å². The fourth-order valence-electron chi connectivity index (χ4n) is 3.83. The van der Waals surface area contributed by atoms with Crippen molar-refractivity contribution < 1.29 is 4.79 Å². The van der Waals surface area contributed by atoms with E-state index in [0.29, 0.717) is 34.8 Å². The molecule has 1 aromatic heterocycles. The number of hydrogen-bond acceptors (Lipinski definition) is 4. The molecule has 2 atom stereocenters. The highest BCUT2D eigenvalue weighted by Gasteiger charge is 2.32. The second kappa shape index (κ2) is 7.95. The Balaban J connectivity index is 1.81. The molecule has 158 valence electrons. The van der Waals surface area contributed by atoms with E-state index in [9.17, 15) is 9.59 Å². The van der Waals surface area contributed by atoms with Gasteiger partial charge in [-0.25, -0.2) is 9.78 Å². The number of urea groups is 1. The number of nitrogens with one attached hydrogen (secondary N) is 1. The fraction of sp³-hybridized carbons (Fsp3) is 0.571. The van der Waals surface area contributed by atoms with Gasteiger partial charge in [-0.3, -0.25) is 14.3 Å². The maximum atomic E-state index is 12.8. The average molecular weight is 420 g/mol.